The van der Waals surface area contributed by atoms with Crippen LogP contribution in [-0.4, -0.2) is 15.1 Å². The van der Waals surface area contributed by atoms with Crippen molar-refractivity contribution in [2.24, 2.45) is 0 Å². The van der Waals surface area contributed by atoms with Crippen LogP contribution < -0.4 is 5.32 Å². The Labute approximate surface area is 99.3 Å². The highest BCUT2D eigenvalue weighted by molar-refractivity contribution is 5.37. The van der Waals surface area contributed by atoms with Gasteiger partial charge in [0.2, 0.25) is 0 Å². The van der Waals surface area contributed by atoms with Crippen LogP contribution in [0.2, 0.25) is 0 Å². The molecule has 0 aliphatic heterocycles. The molecule has 1 N–H and O–H groups in total. The van der Waals surface area contributed by atoms with Gasteiger partial charge in [0, 0.05) is 23.2 Å². The minimum absolute atomic E-state index is 0.628. The van der Waals surface area contributed by atoms with Crippen LogP contribution in [0.4, 0.5) is 5.82 Å². The summed E-state index contributed by atoms with van der Waals surface area (Å²) in [5.74, 6) is 1.50. The first-order valence-corrected chi connectivity index (χ1v) is 5.78. The molecule has 1 fully saturated rings. The number of hydrogen-bond donors (Lipinski definition) is 1. The molecule has 17 heavy (non-hydrogen) atoms. The quantitative estimate of drug-likeness (QED) is 0.872. The minimum Gasteiger partial charge on any atom is -0.364 e. The fraction of sp³-hybridized carbons (Fsp3) is 0.417. The van der Waals surface area contributed by atoms with E-state index in [0.717, 1.165) is 22.8 Å². The van der Waals surface area contributed by atoms with Crippen molar-refractivity contribution in [3.63, 3.8) is 0 Å². The van der Waals surface area contributed by atoms with Crippen LogP contribution in [0.1, 0.15) is 35.7 Å². The molecule has 1 saturated carbocycles. The second-order valence-electron chi connectivity index (χ2n) is 4.40. The molecule has 1 aliphatic rings. The number of nitrogens with one attached hydrogen (secondary N) is 1. The average Bonchev–Trinajstić information content (AvgIpc) is 3.12. The molecule has 0 radical (unpaired) electrons. The Bertz CT molecular complexity index is 519. The second kappa shape index (κ2) is 4.16. The fourth-order valence-electron chi connectivity index (χ4n) is 1.73. The Morgan fingerprint density at radius 2 is 2.29 bits per heavy atom. The van der Waals surface area contributed by atoms with Crippen LogP contribution in [0.15, 0.2) is 23.2 Å². The van der Waals surface area contributed by atoms with E-state index in [9.17, 15) is 0 Å². The van der Waals surface area contributed by atoms with Gasteiger partial charge in [-0.1, -0.05) is 5.16 Å². The molecule has 3 rings (SSSR count). The van der Waals surface area contributed by atoms with E-state index in [1.807, 2.05) is 13.0 Å². The number of aryl methyl sites for hydroxylation is 1. The predicted molar refractivity (Wildman–Crippen MR) is 62.6 cm³/mol. The van der Waals surface area contributed by atoms with Gasteiger partial charge in [-0.3, -0.25) is 0 Å². The molecule has 5 nitrogen and oxygen atoms in total. The Hall–Kier alpha value is -1.91. The van der Waals surface area contributed by atoms with Crippen LogP contribution in [0.5, 0.6) is 0 Å². The van der Waals surface area contributed by atoms with Crippen molar-refractivity contribution in [2.75, 3.05) is 5.32 Å². The molecular weight excluding hydrogens is 216 g/mol. The first-order chi connectivity index (χ1) is 8.33. The maximum Gasteiger partial charge on any atom is 0.129 e. The number of anilines is 1. The molecule has 0 atom stereocenters. The molecule has 5 heteroatoms. The van der Waals surface area contributed by atoms with Gasteiger partial charge in [-0.15, -0.1) is 0 Å². The summed E-state index contributed by atoms with van der Waals surface area (Å²) in [7, 11) is 0. The SMILES string of the molecule is Cc1conc1CNc1cc(C2CC2)ncn1. The van der Waals surface area contributed by atoms with Gasteiger partial charge in [0.05, 0.1) is 6.54 Å². The highest BCUT2D eigenvalue weighted by Gasteiger charge is 2.25. The molecule has 0 aromatic carbocycles. The zero-order chi connectivity index (χ0) is 11.7. The first-order valence-electron chi connectivity index (χ1n) is 5.78. The monoisotopic (exact) mass is 230 g/mol. The Morgan fingerprint density at radius 3 is 3.00 bits per heavy atom. The van der Waals surface area contributed by atoms with E-state index in [1.54, 1.807) is 12.6 Å². The lowest BCUT2D eigenvalue weighted by Gasteiger charge is -2.04. The molecule has 2 heterocycles. The third kappa shape index (κ3) is 2.27. The smallest absolute Gasteiger partial charge is 0.129 e. The van der Waals surface area contributed by atoms with Crippen molar-refractivity contribution in [3.8, 4) is 0 Å². The van der Waals surface area contributed by atoms with Crippen molar-refractivity contribution >= 4 is 5.82 Å². The summed E-state index contributed by atoms with van der Waals surface area (Å²) < 4.78 is 4.88. The summed E-state index contributed by atoms with van der Waals surface area (Å²) in [6, 6.07) is 2.02. The molecule has 0 amide bonds. The van der Waals surface area contributed by atoms with E-state index in [-0.39, 0.29) is 0 Å². The third-order valence-corrected chi connectivity index (χ3v) is 2.97. The molecular formula is C12H14N4O. The molecule has 0 unspecified atom stereocenters. The second-order valence-corrected chi connectivity index (χ2v) is 4.40. The summed E-state index contributed by atoms with van der Waals surface area (Å²) >= 11 is 0. The van der Waals surface area contributed by atoms with Gasteiger partial charge < -0.3 is 9.84 Å². The van der Waals surface area contributed by atoms with Crippen LogP contribution >= 0.6 is 0 Å². The van der Waals surface area contributed by atoms with Crippen molar-refractivity contribution in [2.45, 2.75) is 32.2 Å². The summed E-state index contributed by atoms with van der Waals surface area (Å²) in [4.78, 5) is 8.48. The lowest BCUT2D eigenvalue weighted by molar-refractivity contribution is 0.412. The van der Waals surface area contributed by atoms with Gasteiger partial charge in [0.15, 0.2) is 0 Å². The standard InChI is InChI=1S/C12H14N4O/c1-8-6-17-16-11(8)5-13-12-4-10(9-2-3-9)14-7-15-12/h4,6-7,9H,2-3,5H2,1H3,(H,13,14,15). The zero-order valence-electron chi connectivity index (χ0n) is 9.68. The lowest BCUT2D eigenvalue weighted by Crippen LogP contribution is -2.04. The lowest BCUT2D eigenvalue weighted by atomic mass is 10.2. The van der Waals surface area contributed by atoms with E-state index in [2.05, 4.69) is 20.4 Å². The summed E-state index contributed by atoms with van der Waals surface area (Å²) in [6.45, 7) is 2.60. The topological polar surface area (TPSA) is 63.8 Å². The van der Waals surface area contributed by atoms with Crippen molar-refractivity contribution in [1.82, 2.24) is 15.1 Å². The molecule has 2 aromatic rings. The predicted octanol–water partition coefficient (Wildman–Crippen LogP) is 2.26. The Balaban J connectivity index is 1.68. The van der Waals surface area contributed by atoms with E-state index in [4.69, 9.17) is 4.52 Å². The largest absolute Gasteiger partial charge is 0.364 e. The number of hydrogen-bond acceptors (Lipinski definition) is 5. The van der Waals surface area contributed by atoms with Crippen molar-refractivity contribution in [1.29, 1.82) is 0 Å². The van der Waals surface area contributed by atoms with Gasteiger partial charge in [-0.05, 0) is 19.8 Å². The minimum atomic E-state index is 0.628. The van der Waals surface area contributed by atoms with E-state index < -0.39 is 0 Å². The highest BCUT2D eigenvalue weighted by atomic mass is 16.5. The maximum absolute atomic E-state index is 4.88. The zero-order valence-corrected chi connectivity index (χ0v) is 9.68. The van der Waals surface area contributed by atoms with Gasteiger partial charge in [0.25, 0.3) is 0 Å². The maximum atomic E-state index is 4.88. The molecule has 0 saturated heterocycles. The van der Waals surface area contributed by atoms with E-state index in [0.29, 0.717) is 12.5 Å². The fourth-order valence-corrected chi connectivity index (χ4v) is 1.73. The molecule has 88 valence electrons. The molecule has 0 bridgehead atoms. The summed E-state index contributed by atoms with van der Waals surface area (Å²) in [5, 5.41) is 7.16. The number of nitrogens with zero attached hydrogens (tertiary/aromatic N) is 3. The third-order valence-electron chi connectivity index (χ3n) is 2.97. The Morgan fingerprint density at radius 1 is 1.41 bits per heavy atom. The summed E-state index contributed by atoms with van der Waals surface area (Å²) in [5.41, 5.74) is 3.10. The highest BCUT2D eigenvalue weighted by Crippen LogP contribution is 2.39. The Kier molecular flexibility index (Phi) is 2.51. The van der Waals surface area contributed by atoms with Gasteiger partial charge in [-0.2, -0.15) is 0 Å². The van der Waals surface area contributed by atoms with Crippen molar-refractivity contribution in [3.05, 3.63) is 35.6 Å². The first kappa shape index (κ1) is 10.3. The van der Waals surface area contributed by atoms with Gasteiger partial charge >= 0.3 is 0 Å². The molecule has 1 aliphatic carbocycles. The van der Waals surface area contributed by atoms with E-state index >= 15 is 0 Å². The van der Waals surface area contributed by atoms with E-state index in [1.165, 1.54) is 12.8 Å². The molecule has 2 aromatic heterocycles. The van der Waals surface area contributed by atoms with Crippen LogP contribution in [0.3, 0.4) is 0 Å². The van der Waals surface area contributed by atoms with Crippen LogP contribution in [0, 0.1) is 6.92 Å². The normalized spacial score (nSPS) is 14.9. The van der Waals surface area contributed by atoms with Crippen LogP contribution in [-0.2, 0) is 6.54 Å². The van der Waals surface area contributed by atoms with Crippen molar-refractivity contribution < 1.29 is 4.52 Å². The van der Waals surface area contributed by atoms with Gasteiger partial charge in [-0.25, -0.2) is 9.97 Å². The summed E-state index contributed by atoms with van der Waals surface area (Å²) in [6.07, 6.45) is 5.76. The molecule has 0 spiro atoms. The number of rotatable bonds is 4. The van der Waals surface area contributed by atoms with Gasteiger partial charge in [0.1, 0.15) is 24.1 Å². The average molecular weight is 230 g/mol. The number of aromatic nitrogens is 3. The van der Waals surface area contributed by atoms with Crippen LogP contribution in [0.25, 0.3) is 0 Å².